The van der Waals surface area contributed by atoms with Crippen molar-refractivity contribution in [1.29, 1.82) is 0 Å². The Morgan fingerprint density at radius 2 is 1.81 bits per heavy atom. The SMILES string of the molecule is CCN(CC)S(=O)(=O)c1ccc(C)c(C(=O)NNC(=S)NCCC(C)C)c1. The van der Waals surface area contributed by atoms with Crippen LogP contribution in [0.3, 0.4) is 0 Å². The van der Waals surface area contributed by atoms with E-state index in [4.69, 9.17) is 12.2 Å². The van der Waals surface area contributed by atoms with Gasteiger partial charge in [0.05, 0.1) is 4.90 Å². The second-order valence-corrected chi connectivity index (χ2v) is 8.93. The van der Waals surface area contributed by atoms with Crippen molar-refractivity contribution in [2.24, 2.45) is 5.92 Å². The fourth-order valence-corrected chi connectivity index (χ4v) is 4.06. The topological polar surface area (TPSA) is 90.5 Å². The molecule has 7 nitrogen and oxygen atoms in total. The van der Waals surface area contributed by atoms with Gasteiger partial charge in [0.15, 0.2) is 5.11 Å². The summed E-state index contributed by atoms with van der Waals surface area (Å²) in [6, 6.07) is 4.55. The molecular weight excluding hydrogens is 384 g/mol. The number of aryl methyl sites for hydroxylation is 1. The number of thiocarbonyl (C=S) groups is 1. The van der Waals surface area contributed by atoms with Crippen molar-refractivity contribution in [2.45, 2.75) is 45.9 Å². The number of hydrogen-bond donors (Lipinski definition) is 3. The standard InChI is InChI=1S/C18H30N4O3S2/c1-6-22(7-2)27(24,25)15-9-8-14(5)16(12-15)17(23)20-21-18(26)19-11-10-13(3)4/h8-9,12-13H,6-7,10-11H2,1-5H3,(H,20,23)(H2,19,21,26). The number of carbonyl (C=O) groups is 1. The fourth-order valence-electron chi connectivity index (χ4n) is 2.42. The second-order valence-electron chi connectivity index (χ2n) is 6.58. The van der Waals surface area contributed by atoms with Gasteiger partial charge in [-0.15, -0.1) is 0 Å². The van der Waals surface area contributed by atoms with Gasteiger partial charge in [0, 0.05) is 25.2 Å². The molecule has 0 saturated heterocycles. The van der Waals surface area contributed by atoms with Crippen molar-refractivity contribution < 1.29 is 13.2 Å². The number of rotatable bonds is 8. The van der Waals surface area contributed by atoms with Crippen LogP contribution >= 0.6 is 12.2 Å². The van der Waals surface area contributed by atoms with Crippen LogP contribution in [-0.4, -0.2) is 43.4 Å². The number of carbonyl (C=O) groups excluding carboxylic acids is 1. The molecule has 9 heteroatoms. The van der Waals surface area contributed by atoms with E-state index in [-0.39, 0.29) is 10.5 Å². The van der Waals surface area contributed by atoms with Crippen LogP contribution in [0.4, 0.5) is 0 Å². The molecule has 3 N–H and O–H groups in total. The summed E-state index contributed by atoms with van der Waals surface area (Å²) in [6.45, 7) is 11.0. The molecule has 0 aromatic heterocycles. The molecule has 0 unspecified atom stereocenters. The number of sulfonamides is 1. The van der Waals surface area contributed by atoms with Crippen molar-refractivity contribution in [3.05, 3.63) is 29.3 Å². The lowest BCUT2D eigenvalue weighted by atomic mass is 10.1. The van der Waals surface area contributed by atoms with Crippen molar-refractivity contribution in [3.8, 4) is 0 Å². The first-order valence-electron chi connectivity index (χ1n) is 9.08. The van der Waals surface area contributed by atoms with Gasteiger partial charge in [0.25, 0.3) is 5.91 Å². The van der Waals surface area contributed by atoms with Crippen molar-refractivity contribution >= 4 is 33.3 Å². The molecule has 1 aromatic rings. The van der Waals surface area contributed by atoms with E-state index in [0.717, 1.165) is 6.42 Å². The summed E-state index contributed by atoms with van der Waals surface area (Å²) in [4.78, 5) is 12.6. The summed E-state index contributed by atoms with van der Waals surface area (Å²) in [5, 5.41) is 3.32. The van der Waals surface area contributed by atoms with E-state index in [2.05, 4.69) is 30.0 Å². The predicted octanol–water partition coefficient (Wildman–Crippen LogP) is 2.18. The molecule has 0 aliphatic carbocycles. The third kappa shape index (κ3) is 6.75. The molecule has 0 aliphatic heterocycles. The number of amides is 1. The van der Waals surface area contributed by atoms with E-state index in [0.29, 0.717) is 36.2 Å². The van der Waals surface area contributed by atoms with Gasteiger partial charge >= 0.3 is 0 Å². The highest BCUT2D eigenvalue weighted by molar-refractivity contribution is 7.89. The Labute approximate surface area is 167 Å². The monoisotopic (exact) mass is 414 g/mol. The third-order valence-electron chi connectivity index (χ3n) is 4.09. The highest BCUT2D eigenvalue weighted by Crippen LogP contribution is 2.19. The van der Waals surface area contributed by atoms with E-state index >= 15 is 0 Å². The van der Waals surface area contributed by atoms with Gasteiger partial charge in [0.1, 0.15) is 0 Å². The first kappa shape index (κ1) is 23.3. The molecule has 1 aromatic carbocycles. The molecule has 1 amide bonds. The lowest BCUT2D eigenvalue weighted by Crippen LogP contribution is -2.47. The zero-order valence-corrected chi connectivity index (χ0v) is 18.3. The Balaban J connectivity index is 2.85. The Morgan fingerprint density at radius 1 is 1.19 bits per heavy atom. The van der Waals surface area contributed by atoms with Crippen LogP contribution in [0.2, 0.25) is 0 Å². The summed E-state index contributed by atoms with van der Waals surface area (Å²) >= 11 is 5.12. The minimum atomic E-state index is -3.63. The first-order chi connectivity index (χ1) is 12.6. The minimum Gasteiger partial charge on any atom is -0.361 e. The van der Waals surface area contributed by atoms with Crippen LogP contribution in [0.15, 0.2) is 23.1 Å². The number of nitrogens with one attached hydrogen (secondary N) is 3. The first-order valence-corrected chi connectivity index (χ1v) is 10.9. The number of nitrogens with zero attached hydrogens (tertiary/aromatic N) is 1. The van der Waals surface area contributed by atoms with Gasteiger partial charge < -0.3 is 5.32 Å². The smallest absolute Gasteiger partial charge is 0.269 e. The molecule has 0 aliphatic rings. The number of hydrazine groups is 1. The maximum absolute atomic E-state index is 12.7. The van der Waals surface area contributed by atoms with E-state index in [9.17, 15) is 13.2 Å². The Kier molecular flexibility index (Phi) is 9.14. The van der Waals surface area contributed by atoms with E-state index < -0.39 is 15.9 Å². The second kappa shape index (κ2) is 10.6. The largest absolute Gasteiger partial charge is 0.361 e. The van der Waals surface area contributed by atoms with Gasteiger partial charge in [-0.2, -0.15) is 4.31 Å². The van der Waals surface area contributed by atoms with Gasteiger partial charge in [-0.05, 0) is 49.2 Å². The van der Waals surface area contributed by atoms with Gasteiger partial charge in [-0.25, -0.2) is 8.42 Å². The van der Waals surface area contributed by atoms with Crippen molar-refractivity contribution in [3.63, 3.8) is 0 Å². The highest BCUT2D eigenvalue weighted by atomic mass is 32.2. The van der Waals surface area contributed by atoms with Crippen LogP contribution < -0.4 is 16.2 Å². The van der Waals surface area contributed by atoms with E-state index in [1.165, 1.54) is 16.4 Å². The molecule has 0 atom stereocenters. The fraction of sp³-hybridized carbons (Fsp3) is 0.556. The molecule has 1 rings (SSSR count). The Bertz CT molecular complexity index is 760. The minimum absolute atomic E-state index is 0.0968. The molecule has 0 radical (unpaired) electrons. The van der Waals surface area contributed by atoms with Gasteiger partial charge in [0.2, 0.25) is 10.0 Å². The average molecular weight is 415 g/mol. The summed E-state index contributed by atoms with van der Waals surface area (Å²) in [7, 11) is -3.63. The molecule has 0 saturated carbocycles. The number of benzene rings is 1. The molecule has 0 fully saturated rings. The maximum Gasteiger partial charge on any atom is 0.269 e. The zero-order chi connectivity index (χ0) is 20.6. The molecule has 152 valence electrons. The summed E-state index contributed by atoms with van der Waals surface area (Å²) in [5.74, 6) is 0.102. The third-order valence-corrected chi connectivity index (χ3v) is 6.39. The van der Waals surface area contributed by atoms with Crippen LogP contribution in [0.1, 0.15) is 50.0 Å². The molecule has 0 heterocycles. The number of hydrogen-bond acceptors (Lipinski definition) is 4. The zero-order valence-electron chi connectivity index (χ0n) is 16.6. The quantitative estimate of drug-likeness (QED) is 0.446. The maximum atomic E-state index is 12.7. The lowest BCUT2D eigenvalue weighted by molar-refractivity contribution is 0.0943. The summed E-state index contributed by atoms with van der Waals surface area (Å²) < 4.78 is 26.7. The van der Waals surface area contributed by atoms with Crippen LogP contribution in [0.25, 0.3) is 0 Å². The van der Waals surface area contributed by atoms with E-state index in [1.807, 2.05) is 0 Å². The summed E-state index contributed by atoms with van der Waals surface area (Å²) in [6.07, 6.45) is 0.958. The van der Waals surface area contributed by atoms with Crippen molar-refractivity contribution in [1.82, 2.24) is 20.5 Å². The summed E-state index contributed by atoms with van der Waals surface area (Å²) in [5.41, 5.74) is 6.11. The molecule has 27 heavy (non-hydrogen) atoms. The normalized spacial score (nSPS) is 11.5. The van der Waals surface area contributed by atoms with Gasteiger partial charge in [-0.1, -0.05) is 33.8 Å². The lowest BCUT2D eigenvalue weighted by Gasteiger charge is -2.19. The molecule has 0 spiro atoms. The van der Waals surface area contributed by atoms with Crippen LogP contribution in [0.5, 0.6) is 0 Å². The van der Waals surface area contributed by atoms with E-state index in [1.54, 1.807) is 26.8 Å². The molecular formula is C18H30N4O3S2. The van der Waals surface area contributed by atoms with Gasteiger partial charge in [-0.3, -0.25) is 15.6 Å². The average Bonchev–Trinajstić information content (AvgIpc) is 2.60. The highest BCUT2D eigenvalue weighted by Gasteiger charge is 2.23. The van der Waals surface area contributed by atoms with Crippen LogP contribution in [0, 0.1) is 12.8 Å². The molecule has 0 bridgehead atoms. The van der Waals surface area contributed by atoms with Crippen molar-refractivity contribution in [2.75, 3.05) is 19.6 Å². The van der Waals surface area contributed by atoms with Crippen LogP contribution in [-0.2, 0) is 10.0 Å². The predicted molar refractivity (Wildman–Crippen MR) is 112 cm³/mol. The Hall–Kier alpha value is -1.71. The Morgan fingerprint density at radius 3 is 2.37 bits per heavy atom.